The summed E-state index contributed by atoms with van der Waals surface area (Å²) in [7, 11) is 1.66. The molecule has 0 spiro atoms. The molecule has 0 N–H and O–H groups in total. The van der Waals surface area contributed by atoms with Crippen molar-refractivity contribution >= 4 is 32.6 Å². The standard InChI is InChI=1S/C18H12N2O3/c1-21-11-4-2-10-3-5-12-14-7-16-17(23-9-22-16)8-15(14)19-20-18(12)13(10)6-11/h2-8H,9H2,1H3. The smallest absolute Gasteiger partial charge is 0.231 e. The van der Waals surface area contributed by atoms with E-state index in [4.69, 9.17) is 14.2 Å². The molecule has 4 aromatic rings. The Bertz CT molecular complexity index is 1090. The largest absolute Gasteiger partial charge is 0.497 e. The molecule has 112 valence electrons. The fourth-order valence-electron chi connectivity index (χ4n) is 3.07. The van der Waals surface area contributed by atoms with E-state index in [0.717, 1.165) is 44.1 Å². The number of fused-ring (bicyclic) bond motifs is 6. The van der Waals surface area contributed by atoms with Gasteiger partial charge in [0.1, 0.15) is 11.3 Å². The van der Waals surface area contributed by atoms with Crippen LogP contribution in [0.25, 0.3) is 32.6 Å². The molecule has 3 aromatic carbocycles. The summed E-state index contributed by atoms with van der Waals surface area (Å²) in [5.74, 6) is 2.27. The van der Waals surface area contributed by atoms with Crippen molar-refractivity contribution in [1.29, 1.82) is 0 Å². The van der Waals surface area contributed by atoms with Gasteiger partial charge in [-0.3, -0.25) is 0 Å². The zero-order valence-corrected chi connectivity index (χ0v) is 12.4. The van der Waals surface area contributed by atoms with Crippen LogP contribution in [-0.4, -0.2) is 24.1 Å². The third-order valence-electron chi connectivity index (χ3n) is 4.24. The number of aromatic nitrogens is 2. The van der Waals surface area contributed by atoms with Crippen LogP contribution >= 0.6 is 0 Å². The van der Waals surface area contributed by atoms with Gasteiger partial charge >= 0.3 is 0 Å². The summed E-state index contributed by atoms with van der Waals surface area (Å²) in [6.07, 6.45) is 0. The van der Waals surface area contributed by atoms with Gasteiger partial charge in [0.15, 0.2) is 11.5 Å². The summed E-state index contributed by atoms with van der Waals surface area (Å²) in [6, 6.07) is 14.0. The Labute approximate surface area is 131 Å². The number of rotatable bonds is 1. The molecule has 0 radical (unpaired) electrons. The fourth-order valence-corrected chi connectivity index (χ4v) is 3.07. The molecule has 0 fully saturated rings. The minimum Gasteiger partial charge on any atom is -0.497 e. The molecule has 1 aromatic heterocycles. The summed E-state index contributed by atoms with van der Waals surface area (Å²) >= 11 is 0. The van der Waals surface area contributed by atoms with Gasteiger partial charge in [-0.25, -0.2) is 0 Å². The quantitative estimate of drug-likeness (QED) is 0.502. The molecule has 5 nitrogen and oxygen atoms in total. The molecule has 0 bridgehead atoms. The molecular weight excluding hydrogens is 292 g/mol. The van der Waals surface area contributed by atoms with E-state index in [1.54, 1.807) is 7.11 Å². The average Bonchev–Trinajstić information content (AvgIpc) is 3.06. The van der Waals surface area contributed by atoms with E-state index in [2.05, 4.69) is 22.3 Å². The van der Waals surface area contributed by atoms with Gasteiger partial charge < -0.3 is 14.2 Å². The molecule has 0 atom stereocenters. The Morgan fingerprint density at radius 1 is 0.870 bits per heavy atom. The summed E-state index contributed by atoms with van der Waals surface area (Å²) in [5, 5.41) is 13.0. The Hall–Kier alpha value is -3.08. The Morgan fingerprint density at radius 3 is 2.57 bits per heavy atom. The lowest BCUT2D eigenvalue weighted by molar-refractivity contribution is 0.174. The highest BCUT2D eigenvalue weighted by atomic mass is 16.7. The highest BCUT2D eigenvalue weighted by Gasteiger charge is 2.17. The first-order valence-electron chi connectivity index (χ1n) is 7.30. The Balaban J connectivity index is 1.92. The maximum Gasteiger partial charge on any atom is 0.231 e. The van der Waals surface area contributed by atoms with Gasteiger partial charge in [0.25, 0.3) is 0 Å². The lowest BCUT2D eigenvalue weighted by Gasteiger charge is -2.08. The second-order valence-corrected chi connectivity index (χ2v) is 5.47. The second kappa shape index (κ2) is 4.46. The average molecular weight is 304 g/mol. The van der Waals surface area contributed by atoms with Crippen molar-refractivity contribution in [2.75, 3.05) is 13.9 Å². The van der Waals surface area contributed by atoms with Crippen LogP contribution in [0.3, 0.4) is 0 Å². The van der Waals surface area contributed by atoms with Crippen LogP contribution in [0.4, 0.5) is 0 Å². The molecule has 0 saturated heterocycles. The number of hydrogen-bond donors (Lipinski definition) is 0. The van der Waals surface area contributed by atoms with Gasteiger partial charge in [-0.05, 0) is 23.6 Å². The van der Waals surface area contributed by atoms with Crippen LogP contribution in [0.5, 0.6) is 17.2 Å². The number of methoxy groups -OCH3 is 1. The highest BCUT2D eigenvalue weighted by molar-refractivity contribution is 6.14. The maximum absolute atomic E-state index is 5.49. The van der Waals surface area contributed by atoms with E-state index in [-0.39, 0.29) is 6.79 Å². The molecule has 0 saturated carbocycles. The van der Waals surface area contributed by atoms with Gasteiger partial charge in [-0.2, -0.15) is 0 Å². The van der Waals surface area contributed by atoms with Crippen LogP contribution in [0.1, 0.15) is 0 Å². The van der Waals surface area contributed by atoms with Crippen molar-refractivity contribution in [3.05, 3.63) is 42.5 Å². The molecule has 0 unspecified atom stereocenters. The predicted octanol–water partition coefficient (Wildman–Crippen LogP) is 3.67. The van der Waals surface area contributed by atoms with E-state index in [1.165, 1.54) is 0 Å². The molecule has 5 rings (SSSR count). The molecule has 1 aliphatic heterocycles. The number of nitrogens with zero attached hydrogens (tertiary/aromatic N) is 2. The molecule has 23 heavy (non-hydrogen) atoms. The number of hydrogen-bond acceptors (Lipinski definition) is 5. The van der Waals surface area contributed by atoms with Crippen molar-refractivity contribution in [2.45, 2.75) is 0 Å². The van der Waals surface area contributed by atoms with Crippen LogP contribution < -0.4 is 14.2 Å². The van der Waals surface area contributed by atoms with Crippen molar-refractivity contribution < 1.29 is 14.2 Å². The lowest BCUT2D eigenvalue weighted by atomic mass is 10.0. The van der Waals surface area contributed by atoms with Crippen molar-refractivity contribution in [3.63, 3.8) is 0 Å². The SMILES string of the molecule is COc1ccc2ccc3c4cc5c(cc4nnc3c2c1)OCO5. The van der Waals surface area contributed by atoms with Crippen molar-refractivity contribution in [3.8, 4) is 17.2 Å². The van der Waals surface area contributed by atoms with Crippen LogP contribution in [0.2, 0.25) is 0 Å². The predicted molar refractivity (Wildman–Crippen MR) is 87.2 cm³/mol. The summed E-state index contributed by atoms with van der Waals surface area (Å²) in [4.78, 5) is 0. The minimum atomic E-state index is 0.247. The Kier molecular flexibility index (Phi) is 2.42. The first kappa shape index (κ1) is 12.5. The maximum atomic E-state index is 5.49. The van der Waals surface area contributed by atoms with Gasteiger partial charge in [-0.15, -0.1) is 10.2 Å². The van der Waals surface area contributed by atoms with E-state index < -0.39 is 0 Å². The summed E-state index contributed by atoms with van der Waals surface area (Å²) < 4.78 is 16.2. The van der Waals surface area contributed by atoms with Crippen LogP contribution in [0.15, 0.2) is 42.5 Å². The summed E-state index contributed by atoms with van der Waals surface area (Å²) in [6.45, 7) is 0.247. The van der Waals surface area contributed by atoms with Gasteiger partial charge in [0.05, 0.1) is 12.6 Å². The molecule has 0 aliphatic carbocycles. The van der Waals surface area contributed by atoms with E-state index >= 15 is 0 Å². The monoisotopic (exact) mass is 304 g/mol. The topological polar surface area (TPSA) is 53.5 Å². The van der Waals surface area contributed by atoms with Crippen LogP contribution in [0, 0.1) is 0 Å². The third kappa shape index (κ3) is 1.73. The van der Waals surface area contributed by atoms with Crippen molar-refractivity contribution in [2.24, 2.45) is 0 Å². The highest BCUT2D eigenvalue weighted by Crippen LogP contribution is 2.38. The molecule has 1 aliphatic rings. The molecule has 2 heterocycles. The van der Waals surface area contributed by atoms with Crippen molar-refractivity contribution in [1.82, 2.24) is 10.2 Å². The van der Waals surface area contributed by atoms with E-state index in [9.17, 15) is 0 Å². The minimum absolute atomic E-state index is 0.247. The van der Waals surface area contributed by atoms with E-state index in [1.807, 2.05) is 30.3 Å². The van der Waals surface area contributed by atoms with Gasteiger partial charge in [0.2, 0.25) is 6.79 Å². The Morgan fingerprint density at radius 2 is 1.70 bits per heavy atom. The first-order valence-corrected chi connectivity index (χ1v) is 7.30. The summed E-state index contributed by atoms with van der Waals surface area (Å²) in [5.41, 5.74) is 1.65. The zero-order valence-electron chi connectivity index (χ0n) is 12.4. The van der Waals surface area contributed by atoms with Crippen LogP contribution in [-0.2, 0) is 0 Å². The number of ether oxygens (including phenoxy) is 3. The fraction of sp³-hybridized carbons (Fsp3) is 0.111. The first-order chi connectivity index (χ1) is 11.3. The number of benzene rings is 3. The normalized spacial score (nSPS) is 13.1. The van der Waals surface area contributed by atoms with E-state index in [0.29, 0.717) is 5.75 Å². The second-order valence-electron chi connectivity index (χ2n) is 5.47. The van der Waals surface area contributed by atoms with Gasteiger partial charge in [-0.1, -0.05) is 18.2 Å². The van der Waals surface area contributed by atoms with Gasteiger partial charge in [0, 0.05) is 22.2 Å². The molecular formula is C18H12N2O3. The molecule has 0 amide bonds. The lowest BCUT2D eigenvalue weighted by Crippen LogP contribution is -1.92. The molecule has 5 heteroatoms. The zero-order chi connectivity index (χ0) is 15.4. The third-order valence-corrected chi connectivity index (χ3v) is 4.24.